The average Bonchev–Trinajstić information content (AvgIpc) is 2.31. The van der Waals surface area contributed by atoms with Crippen LogP contribution in [0.25, 0.3) is 0 Å². The van der Waals surface area contributed by atoms with Crippen molar-refractivity contribution in [1.29, 1.82) is 0 Å². The van der Waals surface area contributed by atoms with Crippen molar-refractivity contribution in [3.63, 3.8) is 0 Å². The maximum Gasteiger partial charge on any atom is 0.115 e. The van der Waals surface area contributed by atoms with E-state index < -0.39 is 6.10 Å². The molecule has 0 aliphatic carbocycles. The lowest BCUT2D eigenvalue weighted by Gasteiger charge is -1.91. The van der Waals surface area contributed by atoms with Crippen LogP contribution in [0.15, 0.2) is 24.8 Å². The van der Waals surface area contributed by atoms with Crippen LogP contribution in [0, 0.1) is 23.7 Å². The van der Waals surface area contributed by atoms with E-state index in [4.69, 9.17) is 5.11 Å². The van der Waals surface area contributed by atoms with E-state index in [0.717, 1.165) is 25.7 Å². The third kappa shape index (κ3) is 10.6. The van der Waals surface area contributed by atoms with Gasteiger partial charge < -0.3 is 5.11 Å². The van der Waals surface area contributed by atoms with E-state index in [1.54, 1.807) is 0 Å². The molecule has 1 atom stereocenters. The second kappa shape index (κ2) is 11.6. The van der Waals surface area contributed by atoms with Crippen molar-refractivity contribution in [1.82, 2.24) is 0 Å². The van der Waals surface area contributed by atoms with E-state index in [1.807, 2.05) is 19.1 Å². The van der Waals surface area contributed by atoms with E-state index in [2.05, 4.69) is 36.3 Å². The second-order valence-corrected chi connectivity index (χ2v) is 3.39. The van der Waals surface area contributed by atoms with Crippen LogP contribution in [-0.2, 0) is 0 Å². The Hall–Kier alpha value is -1.44. The predicted octanol–water partition coefficient (Wildman–Crippen LogP) is 3.07. The van der Waals surface area contributed by atoms with Gasteiger partial charge in [0.15, 0.2) is 0 Å². The normalized spacial score (nSPS) is 11.1. The van der Waals surface area contributed by atoms with Crippen LogP contribution in [0.1, 0.15) is 39.0 Å². The van der Waals surface area contributed by atoms with E-state index in [9.17, 15) is 0 Å². The molecule has 0 amide bonds. The summed E-state index contributed by atoms with van der Waals surface area (Å²) >= 11 is 0. The molecule has 0 aromatic heterocycles. The lowest BCUT2D eigenvalue weighted by molar-refractivity contribution is 0.228. The molecule has 16 heavy (non-hydrogen) atoms. The number of hydrogen-bond acceptors (Lipinski definition) is 1. The molecular formula is C15H20O. The first-order chi connectivity index (χ1) is 7.81. The van der Waals surface area contributed by atoms with Gasteiger partial charge in [0.2, 0.25) is 0 Å². The van der Waals surface area contributed by atoms with Gasteiger partial charge in [-0.15, -0.1) is 6.58 Å². The highest BCUT2D eigenvalue weighted by Gasteiger charge is 1.88. The van der Waals surface area contributed by atoms with Gasteiger partial charge in [-0.05, 0) is 37.5 Å². The fraction of sp³-hybridized carbons (Fsp3) is 0.467. The van der Waals surface area contributed by atoms with Gasteiger partial charge in [-0.3, -0.25) is 0 Å². The molecule has 0 bridgehead atoms. The fourth-order valence-corrected chi connectivity index (χ4v) is 0.957. The molecule has 0 heterocycles. The molecule has 86 valence electrons. The average molecular weight is 216 g/mol. The minimum absolute atomic E-state index is 0.538. The fourth-order valence-electron chi connectivity index (χ4n) is 0.957. The summed E-state index contributed by atoms with van der Waals surface area (Å²) in [5.41, 5.74) is 0. The smallest absolute Gasteiger partial charge is 0.115 e. The zero-order chi connectivity index (χ0) is 12.1. The summed E-state index contributed by atoms with van der Waals surface area (Å²) < 4.78 is 0. The highest BCUT2D eigenvalue weighted by molar-refractivity contribution is 5.27. The predicted molar refractivity (Wildman–Crippen MR) is 69.7 cm³/mol. The van der Waals surface area contributed by atoms with Crippen LogP contribution in [0.2, 0.25) is 0 Å². The van der Waals surface area contributed by atoms with Gasteiger partial charge in [0.05, 0.1) is 0 Å². The molecule has 1 N–H and O–H groups in total. The first-order valence-corrected chi connectivity index (χ1v) is 5.73. The first kappa shape index (κ1) is 14.6. The molecule has 0 aromatic carbocycles. The summed E-state index contributed by atoms with van der Waals surface area (Å²) in [6.07, 6.45) is 10.2. The zero-order valence-corrected chi connectivity index (χ0v) is 10.00. The van der Waals surface area contributed by atoms with Crippen molar-refractivity contribution in [2.45, 2.75) is 45.1 Å². The first-order valence-electron chi connectivity index (χ1n) is 5.73. The molecular weight excluding hydrogens is 196 g/mol. The van der Waals surface area contributed by atoms with Crippen LogP contribution < -0.4 is 0 Å². The number of rotatable bonds is 6. The SMILES string of the molecule is C=CCCCC=CCC#CC#CC(O)CC. The molecule has 1 heteroatoms. The molecule has 0 spiro atoms. The van der Waals surface area contributed by atoms with Crippen molar-refractivity contribution >= 4 is 0 Å². The van der Waals surface area contributed by atoms with Gasteiger partial charge in [-0.2, -0.15) is 0 Å². The topological polar surface area (TPSA) is 20.2 Å². The Balaban J connectivity index is 3.59. The minimum Gasteiger partial charge on any atom is -0.380 e. The second-order valence-electron chi connectivity index (χ2n) is 3.39. The van der Waals surface area contributed by atoms with Gasteiger partial charge in [0.1, 0.15) is 6.10 Å². The largest absolute Gasteiger partial charge is 0.380 e. The summed E-state index contributed by atoms with van der Waals surface area (Å²) in [5, 5.41) is 9.12. The Bertz CT molecular complexity index is 317. The molecule has 0 aliphatic heterocycles. The van der Waals surface area contributed by atoms with Gasteiger partial charge in [-0.1, -0.05) is 37.0 Å². The maximum absolute atomic E-state index is 9.12. The van der Waals surface area contributed by atoms with Crippen LogP contribution >= 0.6 is 0 Å². The van der Waals surface area contributed by atoms with Gasteiger partial charge >= 0.3 is 0 Å². The summed E-state index contributed by atoms with van der Waals surface area (Å²) in [6, 6.07) is 0. The minimum atomic E-state index is -0.538. The molecule has 0 radical (unpaired) electrons. The maximum atomic E-state index is 9.12. The summed E-state index contributed by atoms with van der Waals surface area (Å²) in [6.45, 7) is 5.56. The van der Waals surface area contributed by atoms with Crippen LogP contribution in [0.5, 0.6) is 0 Å². The van der Waals surface area contributed by atoms with E-state index in [-0.39, 0.29) is 0 Å². The monoisotopic (exact) mass is 216 g/mol. The van der Waals surface area contributed by atoms with Crippen LogP contribution in [-0.4, -0.2) is 11.2 Å². The van der Waals surface area contributed by atoms with E-state index in [0.29, 0.717) is 6.42 Å². The summed E-state index contributed by atoms with van der Waals surface area (Å²) in [4.78, 5) is 0. The third-order valence-corrected chi connectivity index (χ3v) is 1.94. The Labute approximate surface area is 99.3 Å². The molecule has 0 saturated heterocycles. The Morgan fingerprint density at radius 2 is 2.06 bits per heavy atom. The third-order valence-electron chi connectivity index (χ3n) is 1.94. The summed E-state index contributed by atoms with van der Waals surface area (Å²) in [5.74, 6) is 10.9. The summed E-state index contributed by atoms with van der Waals surface area (Å²) in [7, 11) is 0. The lowest BCUT2D eigenvalue weighted by Crippen LogP contribution is -1.98. The number of allylic oxidation sites excluding steroid dienone is 3. The van der Waals surface area contributed by atoms with Gasteiger partial charge in [0, 0.05) is 6.42 Å². The number of aliphatic hydroxyl groups is 1. The molecule has 0 aliphatic rings. The van der Waals surface area contributed by atoms with Crippen molar-refractivity contribution in [2.24, 2.45) is 0 Å². The van der Waals surface area contributed by atoms with Crippen molar-refractivity contribution in [2.75, 3.05) is 0 Å². The van der Waals surface area contributed by atoms with Crippen molar-refractivity contribution < 1.29 is 5.11 Å². The Kier molecular flexibility index (Phi) is 10.6. The lowest BCUT2D eigenvalue weighted by atomic mass is 10.2. The van der Waals surface area contributed by atoms with Crippen LogP contribution in [0.4, 0.5) is 0 Å². The molecule has 1 unspecified atom stereocenters. The van der Waals surface area contributed by atoms with E-state index >= 15 is 0 Å². The van der Waals surface area contributed by atoms with Gasteiger partial charge in [0.25, 0.3) is 0 Å². The van der Waals surface area contributed by atoms with E-state index in [1.165, 1.54) is 0 Å². The molecule has 1 nitrogen and oxygen atoms in total. The number of unbranched alkanes of at least 4 members (excludes halogenated alkanes) is 2. The van der Waals surface area contributed by atoms with Crippen molar-refractivity contribution in [3.05, 3.63) is 24.8 Å². The molecule has 0 rings (SSSR count). The van der Waals surface area contributed by atoms with Crippen LogP contribution in [0.3, 0.4) is 0 Å². The van der Waals surface area contributed by atoms with Crippen molar-refractivity contribution in [3.8, 4) is 23.7 Å². The quantitative estimate of drug-likeness (QED) is 0.411. The Morgan fingerprint density at radius 1 is 1.25 bits per heavy atom. The van der Waals surface area contributed by atoms with Gasteiger partial charge in [-0.25, -0.2) is 0 Å². The molecule has 0 saturated carbocycles. The zero-order valence-electron chi connectivity index (χ0n) is 10.00. The number of aliphatic hydroxyl groups excluding tert-OH is 1. The number of hydrogen-bond donors (Lipinski definition) is 1. The Morgan fingerprint density at radius 3 is 2.75 bits per heavy atom. The highest BCUT2D eigenvalue weighted by atomic mass is 16.3. The highest BCUT2D eigenvalue weighted by Crippen LogP contribution is 1.97. The molecule has 0 aromatic rings. The molecule has 0 fully saturated rings. The standard InChI is InChI=1S/C15H20O/c1-3-5-6-7-8-9-10-11-12-13-14-15(16)4-2/h3,8-9,15-16H,1,4-7,10H2,2H3.